The molecule has 3 rings (SSSR count). The second-order valence-corrected chi connectivity index (χ2v) is 5.71. The van der Waals surface area contributed by atoms with E-state index >= 15 is 0 Å². The fraction of sp³-hybridized carbons (Fsp3) is 0.467. The lowest BCUT2D eigenvalue weighted by Gasteiger charge is -2.21. The SMILES string of the molecule is CC(C)c1nc2oc(C(N)=O)c(N)c2c2c1CCCC2. The standard InChI is InChI=1S/C15H19N3O2/c1-7(2)12-9-6-4-3-5-8(9)10-11(16)13(14(17)19)20-15(10)18-12/h7H,3-6,16H2,1-2H3,(H2,17,19). The Morgan fingerprint density at radius 3 is 2.50 bits per heavy atom. The van der Waals surface area contributed by atoms with Crippen molar-refractivity contribution in [3.05, 3.63) is 22.6 Å². The number of fused-ring (bicyclic) bond motifs is 3. The Labute approximate surface area is 117 Å². The first-order valence-electron chi connectivity index (χ1n) is 7.04. The van der Waals surface area contributed by atoms with Crippen LogP contribution in [0.4, 0.5) is 5.69 Å². The van der Waals surface area contributed by atoms with Crippen molar-refractivity contribution < 1.29 is 9.21 Å². The lowest BCUT2D eigenvalue weighted by atomic mass is 9.86. The van der Waals surface area contributed by atoms with Crippen LogP contribution in [0.15, 0.2) is 4.42 Å². The van der Waals surface area contributed by atoms with Gasteiger partial charge in [0.15, 0.2) is 0 Å². The predicted molar refractivity (Wildman–Crippen MR) is 77.7 cm³/mol. The third-order valence-corrected chi connectivity index (χ3v) is 4.00. The number of furan rings is 1. The molecule has 0 saturated carbocycles. The summed E-state index contributed by atoms with van der Waals surface area (Å²) in [7, 11) is 0. The normalized spacial score (nSPS) is 14.8. The van der Waals surface area contributed by atoms with Gasteiger partial charge in [-0.2, -0.15) is 0 Å². The molecule has 0 unspecified atom stereocenters. The fourth-order valence-corrected chi connectivity index (χ4v) is 3.10. The summed E-state index contributed by atoms with van der Waals surface area (Å²) in [6.45, 7) is 4.23. The molecule has 0 radical (unpaired) electrons. The molecule has 0 aromatic carbocycles. The Bertz CT molecular complexity index is 701. The monoisotopic (exact) mass is 273 g/mol. The molecule has 5 heteroatoms. The van der Waals surface area contributed by atoms with E-state index < -0.39 is 5.91 Å². The van der Waals surface area contributed by atoms with E-state index in [1.165, 1.54) is 17.5 Å². The first kappa shape index (κ1) is 13.0. The number of anilines is 1. The quantitative estimate of drug-likeness (QED) is 0.878. The van der Waals surface area contributed by atoms with Crippen LogP contribution in [-0.2, 0) is 12.8 Å². The van der Waals surface area contributed by atoms with Crippen LogP contribution in [0, 0.1) is 0 Å². The van der Waals surface area contributed by atoms with E-state index in [2.05, 4.69) is 18.8 Å². The van der Waals surface area contributed by atoms with Gasteiger partial charge in [0.25, 0.3) is 5.91 Å². The Kier molecular flexibility index (Phi) is 2.92. The van der Waals surface area contributed by atoms with E-state index in [0.29, 0.717) is 17.3 Å². The third-order valence-electron chi connectivity index (χ3n) is 4.00. The molecule has 1 aliphatic carbocycles. The van der Waals surface area contributed by atoms with Crippen molar-refractivity contribution >= 4 is 22.7 Å². The summed E-state index contributed by atoms with van der Waals surface area (Å²) in [5.41, 5.74) is 15.7. The topological polar surface area (TPSA) is 95.1 Å². The molecule has 20 heavy (non-hydrogen) atoms. The fourth-order valence-electron chi connectivity index (χ4n) is 3.10. The van der Waals surface area contributed by atoms with Crippen LogP contribution >= 0.6 is 0 Å². The number of carbonyl (C=O) groups is 1. The Morgan fingerprint density at radius 1 is 1.25 bits per heavy atom. The molecule has 5 nitrogen and oxygen atoms in total. The zero-order valence-corrected chi connectivity index (χ0v) is 11.8. The number of hydrogen-bond acceptors (Lipinski definition) is 4. The average Bonchev–Trinajstić information content (AvgIpc) is 2.75. The number of aryl methyl sites for hydroxylation is 1. The van der Waals surface area contributed by atoms with Gasteiger partial charge in [0.1, 0.15) is 0 Å². The smallest absolute Gasteiger partial charge is 0.286 e. The molecule has 0 aliphatic heterocycles. The molecule has 0 saturated heterocycles. The van der Waals surface area contributed by atoms with Gasteiger partial charge in [0.2, 0.25) is 11.5 Å². The van der Waals surface area contributed by atoms with E-state index in [1.54, 1.807) is 0 Å². The zero-order valence-electron chi connectivity index (χ0n) is 11.8. The molecule has 0 spiro atoms. The second-order valence-electron chi connectivity index (χ2n) is 5.71. The van der Waals surface area contributed by atoms with Gasteiger partial charge in [-0.15, -0.1) is 0 Å². The number of aromatic nitrogens is 1. The van der Waals surface area contributed by atoms with Crippen molar-refractivity contribution in [3.8, 4) is 0 Å². The predicted octanol–water partition coefficient (Wildman–Crippen LogP) is 2.51. The van der Waals surface area contributed by atoms with Gasteiger partial charge in [-0.1, -0.05) is 13.8 Å². The number of nitrogen functional groups attached to an aromatic ring is 1. The number of nitrogens with two attached hydrogens (primary N) is 2. The molecule has 0 fully saturated rings. The highest BCUT2D eigenvalue weighted by Crippen LogP contribution is 2.38. The van der Waals surface area contributed by atoms with Gasteiger partial charge < -0.3 is 15.9 Å². The van der Waals surface area contributed by atoms with Crippen molar-refractivity contribution in [2.75, 3.05) is 5.73 Å². The Balaban J connectivity index is 2.38. The van der Waals surface area contributed by atoms with E-state index in [0.717, 1.165) is 30.3 Å². The van der Waals surface area contributed by atoms with E-state index in [9.17, 15) is 4.79 Å². The van der Waals surface area contributed by atoms with E-state index in [1.807, 2.05) is 0 Å². The molecular formula is C15H19N3O2. The minimum absolute atomic E-state index is 0.0289. The van der Waals surface area contributed by atoms with Gasteiger partial charge >= 0.3 is 0 Å². The average molecular weight is 273 g/mol. The summed E-state index contributed by atoms with van der Waals surface area (Å²) in [4.78, 5) is 16.0. The maximum Gasteiger partial charge on any atom is 0.286 e. The summed E-state index contributed by atoms with van der Waals surface area (Å²) >= 11 is 0. The van der Waals surface area contributed by atoms with E-state index in [-0.39, 0.29) is 5.76 Å². The number of pyridine rings is 1. The Hall–Kier alpha value is -2.04. The van der Waals surface area contributed by atoms with Gasteiger partial charge in [-0.05, 0) is 42.7 Å². The molecular weight excluding hydrogens is 254 g/mol. The van der Waals surface area contributed by atoms with Crippen LogP contribution in [0.2, 0.25) is 0 Å². The lowest BCUT2D eigenvalue weighted by molar-refractivity contribution is 0.0977. The Morgan fingerprint density at radius 2 is 1.90 bits per heavy atom. The lowest BCUT2D eigenvalue weighted by Crippen LogP contribution is -2.12. The van der Waals surface area contributed by atoms with Crippen LogP contribution in [0.1, 0.15) is 60.0 Å². The van der Waals surface area contributed by atoms with Crippen molar-refractivity contribution in [1.82, 2.24) is 4.98 Å². The van der Waals surface area contributed by atoms with Gasteiger partial charge in [0.05, 0.1) is 16.8 Å². The number of nitrogens with zero attached hydrogens (tertiary/aromatic N) is 1. The summed E-state index contributed by atoms with van der Waals surface area (Å²) in [5, 5.41) is 0.790. The van der Waals surface area contributed by atoms with Crippen molar-refractivity contribution in [1.29, 1.82) is 0 Å². The molecule has 106 valence electrons. The van der Waals surface area contributed by atoms with Crippen LogP contribution < -0.4 is 11.5 Å². The molecule has 4 N–H and O–H groups in total. The molecule has 2 aromatic heterocycles. The molecule has 0 bridgehead atoms. The highest BCUT2D eigenvalue weighted by atomic mass is 16.4. The number of primary amides is 1. The van der Waals surface area contributed by atoms with Gasteiger partial charge in [0, 0.05) is 0 Å². The largest absolute Gasteiger partial charge is 0.430 e. The maximum absolute atomic E-state index is 11.4. The molecule has 1 aliphatic rings. The molecule has 2 heterocycles. The zero-order chi connectivity index (χ0) is 14.4. The molecule has 1 amide bonds. The van der Waals surface area contributed by atoms with Gasteiger partial charge in [-0.25, -0.2) is 4.98 Å². The summed E-state index contributed by atoms with van der Waals surface area (Å²) < 4.78 is 5.51. The second kappa shape index (κ2) is 4.51. The summed E-state index contributed by atoms with van der Waals surface area (Å²) in [6, 6.07) is 0. The highest BCUT2D eigenvalue weighted by Gasteiger charge is 2.26. The minimum atomic E-state index is -0.642. The molecule has 0 atom stereocenters. The van der Waals surface area contributed by atoms with Crippen LogP contribution in [0.25, 0.3) is 11.1 Å². The van der Waals surface area contributed by atoms with Gasteiger partial charge in [-0.3, -0.25) is 4.79 Å². The molecule has 2 aromatic rings. The maximum atomic E-state index is 11.4. The highest BCUT2D eigenvalue weighted by molar-refractivity contribution is 6.05. The number of rotatable bonds is 2. The van der Waals surface area contributed by atoms with Crippen molar-refractivity contribution in [2.45, 2.75) is 45.4 Å². The third kappa shape index (κ3) is 1.77. The van der Waals surface area contributed by atoms with Crippen molar-refractivity contribution in [2.24, 2.45) is 5.73 Å². The minimum Gasteiger partial charge on any atom is -0.430 e. The van der Waals surface area contributed by atoms with Crippen LogP contribution in [0.5, 0.6) is 0 Å². The first-order chi connectivity index (χ1) is 9.50. The summed E-state index contributed by atoms with van der Waals surface area (Å²) in [6.07, 6.45) is 4.26. The number of hydrogen-bond donors (Lipinski definition) is 2. The number of amides is 1. The first-order valence-corrected chi connectivity index (χ1v) is 7.04. The van der Waals surface area contributed by atoms with Crippen molar-refractivity contribution in [3.63, 3.8) is 0 Å². The number of carbonyl (C=O) groups excluding carboxylic acids is 1. The van der Waals surface area contributed by atoms with Crippen LogP contribution in [-0.4, -0.2) is 10.9 Å². The summed E-state index contributed by atoms with van der Waals surface area (Å²) in [5.74, 6) is -0.299. The van der Waals surface area contributed by atoms with E-state index in [4.69, 9.17) is 15.9 Å². The van der Waals surface area contributed by atoms with Crippen LogP contribution in [0.3, 0.4) is 0 Å².